The van der Waals surface area contributed by atoms with Gasteiger partial charge in [-0.1, -0.05) is 23.2 Å². The first kappa shape index (κ1) is 11.1. The predicted octanol–water partition coefficient (Wildman–Crippen LogP) is 4.53. The van der Waals surface area contributed by atoms with Crippen molar-refractivity contribution in [3.8, 4) is 0 Å². The molecule has 86 valence electrons. The molecule has 0 N–H and O–H groups in total. The zero-order chi connectivity index (χ0) is 12.0. The normalized spacial score (nSPS) is 11.5. The summed E-state index contributed by atoms with van der Waals surface area (Å²) in [5.74, 6) is 0.365. The summed E-state index contributed by atoms with van der Waals surface area (Å²) < 4.78 is 2.02. The second-order valence-electron chi connectivity index (χ2n) is 3.71. The lowest BCUT2D eigenvalue weighted by molar-refractivity contribution is 1.15. The zero-order valence-corrected chi connectivity index (χ0v) is 10.9. The van der Waals surface area contributed by atoms with Crippen molar-refractivity contribution in [3.63, 3.8) is 0 Å². The van der Waals surface area contributed by atoms with Crippen LogP contribution in [0.25, 0.3) is 16.6 Å². The van der Waals surface area contributed by atoms with Gasteiger partial charge in [-0.2, -0.15) is 0 Å². The molecule has 0 aliphatic carbocycles. The molecule has 2 heterocycles. The summed E-state index contributed by atoms with van der Waals surface area (Å²) in [4.78, 5) is 4.50. The van der Waals surface area contributed by atoms with Crippen molar-refractivity contribution in [2.45, 2.75) is 5.88 Å². The fourth-order valence-corrected chi connectivity index (χ4v) is 2.45. The molecule has 1 aromatic carbocycles. The molecule has 0 saturated carbocycles. The molecule has 0 amide bonds. The minimum atomic E-state index is 0.365. The van der Waals surface area contributed by atoms with Crippen LogP contribution in [0.1, 0.15) is 5.69 Å². The lowest BCUT2D eigenvalue weighted by Gasteiger charge is -2.07. The second kappa shape index (κ2) is 4.05. The number of halogens is 3. The summed E-state index contributed by atoms with van der Waals surface area (Å²) in [7, 11) is 0. The molecule has 5 heteroatoms. The maximum Gasteiger partial charge on any atom is 0.0890 e. The standard InChI is InChI=1S/C12H7Cl3N2/c13-6-10-11-2-1-3-17(11)12-5-8(15)7(14)4-9(12)16-10/h1-5H,6H2. The van der Waals surface area contributed by atoms with E-state index < -0.39 is 0 Å². The Balaban J connectivity index is 2.53. The van der Waals surface area contributed by atoms with Gasteiger partial charge in [0.25, 0.3) is 0 Å². The van der Waals surface area contributed by atoms with Gasteiger partial charge in [-0.3, -0.25) is 0 Å². The third kappa shape index (κ3) is 1.68. The number of hydrogen-bond acceptors (Lipinski definition) is 1. The summed E-state index contributed by atoms with van der Waals surface area (Å²) in [5, 5.41) is 1.02. The van der Waals surface area contributed by atoms with Crippen LogP contribution in [0.15, 0.2) is 30.5 Å². The van der Waals surface area contributed by atoms with Crippen LogP contribution in [-0.2, 0) is 5.88 Å². The van der Waals surface area contributed by atoms with Crippen LogP contribution in [-0.4, -0.2) is 9.38 Å². The highest BCUT2D eigenvalue weighted by Crippen LogP contribution is 2.28. The van der Waals surface area contributed by atoms with E-state index in [1.807, 2.05) is 28.8 Å². The first-order chi connectivity index (χ1) is 8.20. The van der Waals surface area contributed by atoms with E-state index >= 15 is 0 Å². The van der Waals surface area contributed by atoms with Gasteiger partial charge in [0, 0.05) is 6.20 Å². The quantitative estimate of drug-likeness (QED) is 0.600. The van der Waals surface area contributed by atoms with Crippen molar-refractivity contribution >= 4 is 51.4 Å². The third-order valence-corrected chi connectivity index (χ3v) is 3.68. The molecule has 0 unspecified atom stereocenters. The van der Waals surface area contributed by atoms with E-state index in [0.29, 0.717) is 15.9 Å². The van der Waals surface area contributed by atoms with Crippen molar-refractivity contribution in [2.75, 3.05) is 0 Å². The van der Waals surface area contributed by atoms with Crippen molar-refractivity contribution < 1.29 is 0 Å². The topological polar surface area (TPSA) is 17.3 Å². The molecule has 0 radical (unpaired) electrons. The molecule has 2 nitrogen and oxygen atoms in total. The molecule has 0 bridgehead atoms. The highest BCUT2D eigenvalue weighted by Gasteiger charge is 2.09. The van der Waals surface area contributed by atoms with E-state index in [-0.39, 0.29) is 0 Å². The maximum atomic E-state index is 6.03. The minimum absolute atomic E-state index is 0.365. The molecular weight excluding hydrogens is 279 g/mol. The Morgan fingerprint density at radius 2 is 1.88 bits per heavy atom. The monoisotopic (exact) mass is 284 g/mol. The SMILES string of the molecule is ClCc1nc2cc(Cl)c(Cl)cc2n2cccc12. The Hall–Kier alpha value is -0.960. The molecule has 17 heavy (non-hydrogen) atoms. The maximum absolute atomic E-state index is 6.03. The van der Waals surface area contributed by atoms with Crippen LogP contribution in [0.5, 0.6) is 0 Å². The van der Waals surface area contributed by atoms with E-state index in [0.717, 1.165) is 22.2 Å². The van der Waals surface area contributed by atoms with Crippen molar-refractivity contribution in [3.05, 3.63) is 46.2 Å². The molecular formula is C12H7Cl3N2. The Bertz CT molecular complexity index is 718. The highest BCUT2D eigenvalue weighted by atomic mass is 35.5. The van der Waals surface area contributed by atoms with Crippen LogP contribution >= 0.6 is 34.8 Å². The van der Waals surface area contributed by atoms with Crippen LogP contribution in [0.2, 0.25) is 10.0 Å². The number of rotatable bonds is 1. The molecule has 0 aliphatic rings. The summed E-state index contributed by atoms with van der Waals surface area (Å²) in [6, 6.07) is 7.51. The smallest absolute Gasteiger partial charge is 0.0890 e. The van der Waals surface area contributed by atoms with Crippen LogP contribution < -0.4 is 0 Å². The fraction of sp³-hybridized carbons (Fsp3) is 0.0833. The average Bonchev–Trinajstić information content (AvgIpc) is 2.79. The highest BCUT2D eigenvalue weighted by molar-refractivity contribution is 6.42. The molecule has 3 rings (SSSR count). The van der Waals surface area contributed by atoms with Crippen molar-refractivity contribution in [1.29, 1.82) is 0 Å². The summed E-state index contributed by atoms with van der Waals surface area (Å²) in [6.45, 7) is 0. The zero-order valence-electron chi connectivity index (χ0n) is 8.62. The number of alkyl halides is 1. The van der Waals surface area contributed by atoms with Gasteiger partial charge in [0.15, 0.2) is 0 Å². The van der Waals surface area contributed by atoms with E-state index in [9.17, 15) is 0 Å². The van der Waals surface area contributed by atoms with Gasteiger partial charge >= 0.3 is 0 Å². The Morgan fingerprint density at radius 1 is 1.12 bits per heavy atom. The average molecular weight is 286 g/mol. The Labute approximate surface area is 113 Å². The molecule has 2 aromatic heterocycles. The van der Waals surface area contributed by atoms with Crippen LogP contribution in [0.4, 0.5) is 0 Å². The van der Waals surface area contributed by atoms with Crippen LogP contribution in [0.3, 0.4) is 0 Å². The Kier molecular flexibility index (Phi) is 2.66. The lowest BCUT2D eigenvalue weighted by atomic mass is 10.2. The lowest BCUT2D eigenvalue weighted by Crippen LogP contribution is -1.96. The molecule has 0 spiro atoms. The van der Waals surface area contributed by atoms with Gasteiger partial charge in [-0.25, -0.2) is 4.98 Å². The summed E-state index contributed by atoms with van der Waals surface area (Å²) >= 11 is 17.9. The molecule has 3 aromatic rings. The van der Waals surface area contributed by atoms with E-state index in [1.54, 1.807) is 6.07 Å². The van der Waals surface area contributed by atoms with Gasteiger partial charge < -0.3 is 4.40 Å². The summed E-state index contributed by atoms with van der Waals surface area (Å²) in [5.41, 5.74) is 3.54. The number of hydrogen-bond donors (Lipinski definition) is 0. The fourth-order valence-electron chi connectivity index (χ4n) is 1.94. The Morgan fingerprint density at radius 3 is 2.65 bits per heavy atom. The predicted molar refractivity (Wildman–Crippen MR) is 72.3 cm³/mol. The van der Waals surface area contributed by atoms with Crippen molar-refractivity contribution in [1.82, 2.24) is 9.38 Å². The molecule has 0 fully saturated rings. The van der Waals surface area contributed by atoms with E-state index in [4.69, 9.17) is 34.8 Å². The van der Waals surface area contributed by atoms with E-state index in [2.05, 4.69) is 4.98 Å². The summed E-state index contributed by atoms with van der Waals surface area (Å²) in [6.07, 6.45) is 1.96. The van der Waals surface area contributed by atoms with Gasteiger partial charge in [0.2, 0.25) is 0 Å². The van der Waals surface area contributed by atoms with E-state index in [1.165, 1.54) is 0 Å². The third-order valence-electron chi connectivity index (χ3n) is 2.70. The minimum Gasteiger partial charge on any atom is -0.313 e. The molecule has 0 atom stereocenters. The van der Waals surface area contributed by atoms with Gasteiger partial charge in [-0.15, -0.1) is 11.6 Å². The first-order valence-electron chi connectivity index (χ1n) is 5.01. The van der Waals surface area contributed by atoms with Gasteiger partial charge in [0.1, 0.15) is 0 Å². The second-order valence-corrected chi connectivity index (χ2v) is 4.79. The van der Waals surface area contributed by atoms with Crippen LogP contribution in [0, 0.1) is 0 Å². The first-order valence-corrected chi connectivity index (χ1v) is 6.30. The van der Waals surface area contributed by atoms with Gasteiger partial charge in [0.05, 0.1) is 38.2 Å². The number of aromatic nitrogens is 2. The number of benzene rings is 1. The molecule has 0 aliphatic heterocycles. The van der Waals surface area contributed by atoms with Crippen molar-refractivity contribution in [2.24, 2.45) is 0 Å². The number of fused-ring (bicyclic) bond motifs is 3. The number of nitrogens with zero attached hydrogens (tertiary/aromatic N) is 2. The molecule has 0 saturated heterocycles. The van der Waals surface area contributed by atoms with Gasteiger partial charge in [-0.05, 0) is 24.3 Å². The largest absolute Gasteiger partial charge is 0.313 e.